The van der Waals surface area contributed by atoms with Gasteiger partial charge in [-0.3, -0.25) is 0 Å². The summed E-state index contributed by atoms with van der Waals surface area (Å²) in [5.74, 6) is 0. The van der Waals surface area contributed by atoms with Crippen molar-refractivity contribution < 1.29 is 0 Å². The van der Waals surface area contributed by atoms with E-state index in [2.05, 4.69) is 241 Å². The second kappa shape index (κ2) is 14.6. The van der Waals surface area contributed by atoms with Crippen LogP contribution < -0.4 is 4.90 Å². The maximum Gasteiger partial charge on any atom is 0.0462 e. The Morgan fingerprint density at radius 1 is 0.203 bits per heavy atom. The highest BCUT2D eigenvalue weighted by Gasteiger charge is 2.16. The average molecular weight is 750 g/mol. The summed E-state index contributed by atoms with van der Waals surface area (Å²) in [5, 5.41) is 10.3. The first kappa shape index (κ1) is 34.5. The summed E-state index contributed by atoms with van der Waals surface area (Å²) in [4.78, 5) is 2.35. The van der Waals surface area contributed by atoms with Crippen LogP contribution in [0, 0.1) is 0 Å². The summed E-state index contributed by atoms with van der Waals surface area (Å²) in [6, 6.07) is 86.0. The number of hydrogen-bond acceptors (Lipinski definition) is 1. The maximum absolute atomic E-state index is 2.35. The van der Waals surface area contributed by atoms with Crippen LogP contribution >= 0.6 is 0 Å². The molecule has 0 saturated heterocycles. The third-order valence-electron chi connectivity index (χ3n) is 11.9. The minimum absolute atomic E-state index is 1.10. The summed E-state index contributed by atoms with van der Waals surface area (Å²) in [7, 11) is 0. The molecule has 0 aliphatic heterocycles. The first-order chi connectivity index (χ1) is 29.3. The van der Waals surface area contributed by atoms with E-state index in [4.69, 9.17) is 0 Å². The Balaban J connectivity index is 0.946. The standard InChI is InChI=1S/C58H39N/c1-2-12-40(13-3-1)42-28-34-47(35-29-42)59(49-38-32-45(33-39-49)51-21-10-15-44-14-4-5-16-50(44)51)48-36-30-43(31-37-48)41-24-26-46(27-25-41)52-22-11-23-57-55-18-7-6-17-53(55)54-19-8-9-20-56(54)58(52)57/h1-39H. The van der Waals surface area contributed by atoms with Crippen molar-refractivity contribution in [1.29, 1.82) is 0 Å². The molecule has 0 heterocycles. The van der Waals surface area contributed by atoms with Crippen LogP contribution in [0.2, 0.25) is 0 Å². The Hall–Kier alpha value is -7.74. The Labute approximate surface area is 344 Å². The highest BCUT2D eigenvalue weighted by molar-refractivity contribution is 6.28. The maximum atomic E-state index is 2.35. The van der Waals surface area contributed by atoms with Gasteiger partial charge in [-0.05, 0) is 124 Å². The van der Waals surface area contributed by atoms with E-state index in [1.165, 1.54) is 87.6 Å². The van der Waals surface area contributed by atoms with Gasteiger partial charge < -0.3 is 4.90 Å². The van der Waals surface area contributed by atoms with E-state index in [-0.39, 0.29) is 0 Å². The van der Waals surface area contributed by atoms with Crippen molar-refractivity contribution in [3.63, 3.8) is 0 Å². The lowest BCUT2D eigenvalue weighted by Gasteiger charge is -2.26. The lowest BCUT2D eigenvalue weighted by atomic mass is 9.89. The zero-order valence-electron chi connectivity index (χ0n) is 32.5. The fraction of sp³-hybridized carbons (Fsp3) is 0. The largest absolute Gasteiger partial charge is 0.311 e. The molecule has 276 valence electrons. The van der Waals surface area contributed by atoms with Gasteiger partial charge in [0.25, 0.3) is 0 Å². The SMILES string of the molecule is c1ccc(-c2ccc(N(c3ccc(-c4ccc(-c5cccc6c7ccccc7c7ccccc7c56)cc4)cc3)c3ccc(-c4cccc5ccccc45)cc3)cc2)cc1. The Morgan fingerprint density at radius 3 is 1.12 bits per heavy atom. The Kier molecular flexibility index (Phi) is 8.56. The van der Waals surface area contributed by atoms with Gasteiger partial charge in [-0.15, -0.1) is 0 Å². The molecule has 1 heteroatoms. The quantitative estimate of drug-likeness (QED) is 0.147. The predicted molar refractivity (Wildman–Crippen MR) is 253 cm³/mol. The number of fused-ring (bicyclic) bond motifs is 7. The van der Waals surface area contributed by atoms with Gasteiger partial charge in [0.15, 0.2) is 0 Å². The summed E-state index contributed by atoms with van der Waals surface area (Å²) in [6.45, 7) is 0. The summed E-state index contributed by atoms with van der Waals surface area (Å²) in [5.41, 5.74) is 13.0. The van der Waals surface area contributed by atoms with E-state index in [9.17, 15) is 0 Å². The second-order valence-corrected chi connectivity index (χ2v) is 15.3. The molecule has 59 heavy (non-hydrogen) atoms. The van der Waals surface area contributed by atoms with Crippen LogP contribution in [0.5, 0.6) is 0 Å². The first-order valence-electron chi connectivity index (χ1n) is 20.3. The van der Waals surface area contributed by atoms with Crippen molar-refractivity contribution in [1.82, 2.24) is 0 Å². The molecule has 0 spiro atoms. The molecule has 1 nitrogen and oxygen atoms in total. The van der Waals surface area contributed by atoms with Crippen LogP contribution in [0.4, 0.5) is 17.1 Å². The molecule has 0 N–H and O–H groups in total. The molecule has 0 aromatic heterocycles. The third kappa shape index (κ3) is 6.21. The lowest BCUT2D eigenvalue weighted by molar-refractivity contribution is 1.28. The molecular weight excluding hydrogens is 711 g/mol. The van der Waals surface area contributed by atoms with Crippen LogP contribution in [-0.4, -0.2) is 0 Å². The van der Waals surface area contributed by atoms with Crippen LogP contribution in [0.1, 0.15) is 0 Å². The minimum Gasteiger partial charge on any atom is -0.311 e. The summed E-state index contributed by atoms with van der Waals surface area (Å²) < 4.78 is 0. The van der Waals surface area contributed by atoms with Gasteiger partial charge in [-0.2, -0.15) is 0 Å². The van der Waals surface area contributed by atoms with Gasteiger partial charge in [0.05, 0.1) is 0 Å². The number of rotatable bonds is 7. The normalized spacial score (nSPS) is 11.4. The van der Waals surface area contributed by atoms with Gasteiger partial charge in [-0.25, -0.2) is 0 Å². The van der Waals surface area contributed by atoms with Gasteiger partial charge in [0, 0.05) is 17.1 Å². The molecule has 0 bridgehead atoms. The van der Waals surface area contributed by atoms with Crippen LogP contribution in [0.3, 0.4) is 0 Å². The monoisotopic (exact) mass is 749 g/mol. The van der Waals surface area contributed by atoms with Crippen LogP contribution in [0.25, 0.3) is 87.6 Å². The summed E-state index contributed by atoms with van der Waals surface area (Å²) >= 11 is 0. The van der Waals surface area contributed by atoms with E-state index >= 15 is 0 Å². The predicted octanol–water partition coefficient (Wildman–Crippen LogP) is 16.4. The minimum atomic E-state index is 1.10. The molecule has 11 aromatic rings. The van der Waals surface area contributed by atoms with Gasteiger partial charge in [-0.1, -0.05) is 200 Å². The Morgan fingerprint density at radius 2 is 0.542 bits per heavy atom. The first-order valence-corrected chi connectivity index (χ1v) is 20.3. The average Bonchev–Trinajstić information content (AvgIpc) is 3.32. The highest BCUT2D eigenvalue weighted by atomic mass is 15.1. The van der Waals surface area contributed by atoms with Crippen molar-refractivity contribution in [3.05, 3.63) is 237 Å². The third-order valence-corrected chi connectivity index (χ3v) is 11.9. The topological polar surface area (TPSA) is 3.24 Å². The van der Waals surface area contributed by atoms with Crippen molar-refractivity contribution in [3.8, 4) is 44.5 Å². The number of hydrogen-bond donors (Lipinski definition) is 0. The molecule has 0 fully saturated rings. The van der Waals surface area contributed by atoms with Crippen molar-refractivity contribution >= 4 is 60.2 Å². The summed E-state index contributed by atoms with van der Waals surface area (Å²) in [6.07, 6.45) is 0. The molecule has 0 amide bonds. The van der Waals surface area contributed by atoms with Crippen molar-refractivity contribution in [2.24, 2.45) is 0 Å². The van der Waals surface area contributed by atoms with E-state index < -0.39 is 0 Å². The fourth-order valence-electron chi connectivity index (χ4n) is 8.99. The molecule has 0 aliphatic rings. The lowest BCUT2D eigenvalue weighted by Crippen LogP contribution is -2.09. The molecule has 0 radical (unpaired) electrons. The second-order valence-electron chi connectivity index (χ2n) is 15.3. The molecular formula is C58H39N. The molecule has 0 atom stereocenters. The number of anilines is 3. The number of benzene rings is 11. The van der Waals surface area contributed by atoms with E-state index in [1.54, 1.807) is 0 Å². The Bertz CT molecular complexity index is 3220. The zero-order valence-corrected chi connectivity index (χ0v) is 32.5. The molecule has 11 aromatic carbocycles. The van der Waals surface area contributed by atoms with Gasteiger partial charge >= 0.3 is 0 Å². The fourth-order valence-corrected chi connectivity index (χ4v) is 8.99. The zero-order chi connectivity index (χ0) is 39.1. The van der Waals surface area contributed by atoms with Crippen molar-refractivity contribution in [2.45, 2.75) is 0 Å². The van der Waals surface area contributed by atoms with Gasteiger partial charge in [0.1, 0.15) is 0 Å². The molecule has 0 unspecified atom stereocenters. The van der Waals surface area contributed by atoms with Crippen LogP contribution in [-0.2, 0) is 0 Å². The van der Waals surface area contributed by atoms with Crippen LogP contribution in [0.15, 0.2) is 237 Å². The molecule has 0 aliphatic carbocycles. The smallest absolute Gasteiger partial charge is 0.0462 e. The highest BCUT2D eigenvalue weighted by Crippen LogP contribution is 2.42. The van der Waals surface area contributed by atoms with E-state index in [1.807, 2.05) is 0 Å². The van der Waals surface area contributed by atoms with Crippen molar-refractivity contribution in [2.75, 3.05) is 4.90 Å². The molecule has 0 saturated carbocycles. The van der Waals surface area contributed by atoms with E-state index in [0.29, 0.717) is 0 Å². The molecule has 11 rings (SSSR count). The number of nitrogens with zero attached hydrogens (tertiary/aromatic N) is 1. The van der Waals surface area contributed by atoms with E-state index in [0.717, 1.165) is 17.1 Å². The van der Waals surface area contributed by atoms with Gasteiger partial charge in [0.2, 0.25) is 0 Å².